The number of carbonyl (C=O) groups is 1. The van der Waals surface area contributed by atoms with Crippen LogP contribution in [0.2, 0.25) is 0 Å². The Morgan fingerprint density at radius 2 is 1.56 bits per heavy atom. The molecule has 0 saturated carbocycles. The second-order valence-electron chi connectivity index (χ2n) is 11.6. The zero-order valence-electron chi connectivity index (χ0n) is 23.8. The minimum absolute atomic E-state index is 0.107. The summed E-state index contributed by atoms with van der Waals surface area (Å²) in [5, 5.41) is 3.15. The number of amides is 1. The molecule has 1 N–H and O–H groups in total. The molecule has 0 radical (unpaired) electrons. The van der Waals surface area contributed by atoms with E-state index in [9.17, 15) is 18.0 Å². The van der Waals surface area contributed by atoms with E-state index in [4.69, 9.17) is 4.74 Å². The summed E-state index contributed by atoms with van der Waals surface area (Å²) in [7, 11) is 2.13. The first kappa shape index (κ1) is 29.1. The van der Waals surface area contributed by atoms with E-state index in [-0.39, 0.29) is 11.7 Å². The molecule has 1 amide bonds. The number of nitrogens with one attached hydrogen (secondary N) is 1. The molecule has 2 saturated heterocycles. The van der Waals surface area contributed by atoms with Crippen LogP contribution in [-0.2, 0) is 11.3 Å². The SMILES string of the molecule is Cc1ccc(NC(=O)CC2CCN(C)CC2)cc1C1CCN(Cc2ccc(Oc3cc(F)c(F)cc3F)cc2)CC1. The number of hydrogen-bond acceptors (Lipinski definition) is 4. The molecule has 0 bridgehead atoms. The summed E-state index contributed by atoms with van der Waals surface area (Å²) in [4.78, 5) is 17.4. The van der Waals surface area contributed by atoms with Gasteiger partial charge in [-0.2, -0.15) is 0 Å². The van der Waals surface area contributed by atoms with Crippen molar-refractivity contribution in [3.63, 3.8) is 0 Å². The van der Waals surface area contributed by atoms with Crippen LogP contribution in [0, 0.1) is 30.3 Å². The maximum Gasteiger partial charge on any atom is 0.224 e. The minimum Gasteiger partial charge on any atom is -0.454 e. The molecule has 8 heteroatoms. The molecular formula is C33H38F3N3O2. The Morgan fingerprint density at radius 1 is 0.878 bits per heavy atom. The standard InChI is InChI=1S/C33H38F3N3O2/c1-22-3-6-26(37-33(40)17-23-9-13-38(2)14-10-23)18-28(22)25-11-15-39(16-12-25)21-24-4-7-27(8-5-24)41-32-20-30(35)29(34)19-31(32)36/h3-8,18-20,23,25H,9-17,21H2,1-2H3,(H,37,40). The third kappa shape index (κ3) is 7.68. The van der Waals surface area contributed by atoms with Gasteiger partial charge < -0.3 is 15.0 Å². The predicted octanol–water partition coefficient (Wildman–Crippen LogP) is 7.25. The van der Waals surface area contributed by atoms with E-state index in [1.165, 1.54) is 11.1 Å². The van der Waals surface area contributed by atoms with Crippen LogP contribution < -0.4 is 10.1 Å². The van der Waals surface area contributed by atoms with Gasteiger partial charge in [0, 0.05) is 30.8 Å². The number of benzene rings is 3. The quantitative estimate of drug-likeness (QED) is 0.292. The number of nitrogens with zero attached hydrogens (tertiary/aromatic N) is 2. The molecule has 2 aliphatic heterocycles. The molecule has 3 aromatic rings. The van der Waals surface area contributed by atoms with Crippen LogP contribution in [0.5, 0.6) is 11.5 Å². The van der Waals surface area contributed by atoms with Gasteiger partial charge in [0.05, 0.1) is 0 Å². The normalized spacial score (nSPS) is 17.5. The van der Waals surface area contributed by atoms with Gasteiger partial charge in [0.25, 0.3) is 0 Å². The maximum atomic E-state index is 13.9. The van der Waals surface area contributed by atoms with Crippen molar-refractivity contribution in [2.24, 2.45) is 5.92 Å². The molecule has 41 heavy (non-hydrogen) atoms. The van der Waals surface area contributed by atoms with E-state index in [0.29, 0.717) is 36.1 Å². The number of likely N-dealkylation sites (tertiary alicyclic amines) is 2. The van der Waals surface area contributed by atoms with Crippen LogP contribution in [-0.4, -0.2) is 48.9 Å². The van der Waals surface area contributed by atoms with Crippen molar-refractivity contribution in [2.75, 3.05) is 38.5 Å². The summed E-state index contributed by atoms with van der Waals surface area (Å²) < 4.78 is 45.9. The van der Waals surface area contributed by atoms with Crippen LogP contribution in [0.4, 0.5) is 18.9 Å². The van der Waals surface area contributed by atoms with Gasteiger partial charge in [-0.3, -0.25) is 9.69 Å². The Labute approximate surface area is 240 Å². The van der Waals surface area contributed by atoms with Gasteiger partial charge in [-0.1, -0.05) is 18.2 Å². The number of anilines is 1. The monoisotopic (exact) mass is 565 g/mol. The molecule has 2 fully saturated rings. The fraction of sp³-hybridized carbons (Fsp3) is 0.424. The third-order valence-electron chi connectivity index (χ3n) is 8.43. The Kier molecular flexibility index (Phi) is 9.30. The molecule has 0 aliphatic carbocycles. The molecule has 2 heterocycles. The van der Waals surface area contributed by atoms with Crippen LogP contribution in [0.3, 0.4) is 0 Å². The average Bonchev–Trinajstić information content (AvgIpc) is 2.95. The fourth-order valence-electron chi connectivity index (χ4n) is 5.93. The molecular weight excluding hydrogens is 527 g/mol. The topological polar surface area (TPSA) is 44.8 Å². The van der Waals surface area contributed by atoms with Gasteiger partial charge in [-0.05, 0) is 119 Å². The van der Waals surface area contributed by atoms with Crippen molar-refractivity contribution >= 4 is 11.6 Å². The van der Waals surface area contributed by atoms with Crippen molar-refractivity contribution < 1.29 is 22.7 Å². The van der Waals surface area contributed by atoms with E-state index in [1.807, 2.05) is 18.2 Å². The average molecular weight is 566 g/mol. The maximum absolute atomic E-state index is 13.9. The molecule has 2 aliphatic rings. The van der Waals surface area contributed by atoms with E-state index >= 15 is 0 Å². The molecule has 0 aromatic heterocycles. The molecule has 5 rings (SSSR count). The van der Waals surface area contributed by atoms with Crippen LogP contribution in [0.15, 0.2) is 54.6 Å². The van der Waals surface area contributed by atoms with Crippen LogP contribution >= 0.6 is 0 Å². The Hall–Kier alpha value is -3.36. The highest BCUT2D eigenvalue weighted by Crippen LogP contribution is 2.33. The van der Waals surface area contributed by atoms with Crippen LogP contribution in [0.1, 0.15) is 54.7 Å². The lowest BCUT2D eigenvalue weighted by atomic mass is 9.86. The van der Waals surface area contributed by atoms with Crippen molar-refractivity contribution in [3.8, 4) is 11.5 Å². The smallest absolute Gasteiger partial charge is 0.224 e. The largest absolute Gasteiger partial charge is 0.454 e. The van der Waals surface area contributed by atoms with Gasteiger partial charge in [0.15, 0.2) is 23.2 Å². The molecule has 0 unspecified atom stereocenters. The highest BCUT2D eigenvalue weighted by molar-refractivity contribution is 5.91. The molecule has 0 atom stereocenters. The lowest BCUT2D eigenvalue weighted by Gasteiger charge is -2.33. The third-order valence-corrected chi connectivity index (χ3v) is 8.43. The van der Waals surface area contributed by atoms with E-state index in [1.54, 1.807) is 12.1 Å². The summed E-state index contributed by atoms with van der Waals surface area (Å²) in [5.74, 6) is -2.34. The molecule has 0 spiro atoms. The summed E-state index contributed by atoms with van der Waals surface area (Å²) >= 11 is 0. The number of carbonyl (C=O) groups excluding carboxylic acids is 1. The fourth-order valence-corrected chi connectivity index (χ4v) is 5.93. The number of aryl methyl sites for hydroxylation is 1. The lowest BCUT2D eigenvalue weighted by Crippen LogP contribution is -2.32. The Morgan fingerprint density at radius 3 is 2.27 bits per heavy atom. The van der Waals surface area contributed by atoms with Crippen LogP contribution in [0.25, 0.3) is 0 Å². The Bertz CT molecular complexity index is 1350. The van der Waals surface area contributed by atoms with Gasteiger partial charge in [-0.25, -0.2) is 13.2 Å². The van der Waals surface area contributed by atoms with E-state index in [2.05, 4.69) is 41.2 Å². The number of piperidine rings is 2. The summed E-state index contributed by atoms with van der Waals surface area (Å²) in [6, 6.07) is 14.7. The second-order valence-corrected chi connectivity index (χ2v) is 11.6. The number of rotatable bonds is 8. The van der Waals surface area contributed by atoms with Crippen molar-refractivity contribution in [2.45, 2.75) is 51.5 Å². The zero-order chi connectivity index (χ0) is 28.9. The second kappa shape index (κ2) is 13.1. The zero-order valence-corrected chi connectivity index (χ0v) is 23.8. The molecule has 218 valence electrons. The van der Waals surface area contributed by atoms with Gasteiger partial charge in [-0.15, -0.1) is 0 Å². The first-order valence-corrected chi connectivity index (χ1v) is 14.5. The van der Waals surface area contributed by atoms with Crippen molar-refractivity contribution in [3.05, 3.63) is 88.7 Å². The lowest BCUT2D eigenvalue weighted by molar-refractivity contribution is -0.117. The summed E-state index contributed by atoms with van der Waals surface area (Å²) in [6.07, 6.45) is 4.81. The first-order chi connectivity index (χ1) is 19.7. The van der Waals surface area contributed by atoms with Crippen molar-refractivity contribution in [1.29, 1.82) is 0 Å². The first-order valence-electron chi connectivity index (χ1n) is 14.5. The van der Waals surface area contributed by atoms with Gasteiger partial charge in [0.1, 0.15) is 5.75 Å². The summed E-state index contributed by atoms with van der Waals surface area (Å²) in [5.41, 5.74) is 4.54. The van der Waals surface area contributed by atoms with Crippen molar-refractivity contribution in [1.82, 2.24) is 9.80 Å². The van der Waals surface area contributed by atoms with E-state index < -0.39 is 17.5 Å². The van der Waals surface area contributed by atoms with E-state index in [0.717, 1.165) is 69.7 Å². The minimum atomic E-state index is -1.25. The number of hydrogen-bond donors (Lipinski definition) is 1. The number of ether oxygens (including phenoxy) is 1. The summed E-state index contributed by atoms with van der Waals surface area (Å²) in [6.45, 7) is 6.95. The Balaban J connectivity index is 1.12. The van der Waals surface area contributed by atoms with Gasteiger partial charge in [0.2, 0.25) is 5.91 Å². The predicted molar refractivity (Wildman–Crippen MR) is 155 cm³/mol. The highest BCUT2D eigenvalue weighted by atomic mass is 19.2. The number of halogens is 3. The van der Waals surface area contributed by atoms with Gasteiger partial charge >= 0.3 is 0 Å². The molecule has 5 nitrogen and oxygen atoms in total. The molecule has 3 aromatic carbocycles. The highest BCUT2D eigenvalue weighted by Gasteiger charge is 2.23.